The van der Waals surface area contributed by atoms with Crippen molar-refractivity contribution >= 4 is 29.3 Å². The van der Waals surface area contributed by atoms with Gasteiger partial charge in [-0.05, 0) is 47.2 Å². The molecule has 1 unspecified atom stereocenters. The quantitative estimate of drug-likeness (QED) is 0.463. The molecule has 0 aromatic heterocycles. The number of nitrogens with two attached hydrogens (primary N) is 1. The van der Waals surface area contributed by atoms with E-state index in [-0.39, 0.29) is 11.6 Å². The maximum absolute atomic E-state index is 13.5. The Labute approximate surface area is 158 Å². The van der Waals surface area contributed by atoms with Crippen LogP contribution in [0.5, 0.6) is 0 Å². The topological polar surface area (TPSA) is 26.0 Å². The molecule has 0 aliphatic heterocycles. The molecule has 0 bridgehead atoms. The van der Waals surface area contributed by atoms with E-state index in [1.54, 1.807) is 6.07 Å². The second-order valence-electron chi connectivity index (χ2n) is 6.28. The molecule has 0 heterocycles. The minimum absolute atomic E-state index is 0.0190. The number of halogens is 6. The van der Waals surface area contributed by atoms with E-state index in [2.05, 4.69) is 0 Å². The van der Waals surface area contributed by atoms with Crippen molar-refractivity contribution in [2.75, 3.05) is 0 Å². The first-order valence-electron chi connectivity index (χ1n) is 7.94. The number of fused-ring (bicyclic) bond motifs is 1. The first-order valence-corrected chi connectivity index (χ1v) is 8.70. The van der Waals surface area contributed by atoms with Gasteiger partial charge in [0.05, 0.1) is 16.0 Å². The number of hydrogen-bond donors (Lipinski definition) is 1. The second-order valence-corrected chi connectivity index (χ2v) is 7.09. The Morgan fingerprint density at radius 3 is 2.38 bits per heavy atom. The van der Waals surface area contributed by atoms with Crippen LogP contribution in [0, 0.1) is 5.82 Å². The van der Waals surface area contributed by atoms with Crippen molar-refractivity contribution in [3.8, 4) is 0 Å². The van der Waals surface area contributed by atoms with Crippen LogP contribution >= 0.6 is 23.2 Å². The smallest absolute Gasteiger partial charge is 0.324 e. The van der Waals surface area contributed by atoms with Gasteiger partial charge in [0.1, 0.15) is 0 Å². The third kappa shape index (κ3) is 3.90. The first-order chi connectivity index (χ1) is 12.2. The highest BCUT2D eigenvalue weighted by molar-refractivity contribution is 6.35. The summed E-state index contributed by atoms with van der Waals surface area (Å²) < 4.78 is 54.0. The van der Waals surface area contributed by atoms with E-state index in [1.807, 2.05) is 12.1 Å². The molecule has 7 heteroatoms. The van der Waals surface area contributed by atoms with E-state index in [1.165, 1.54) is 6.08 Å². The minimum atomic E-state index is -4.57. The maximum Gasteiger partial charge on any atom is 0.399 e. The lowest BCUT2D eigenvalue weighted by Gasteiger charge is -2.18. The van der Waals surface area contributed by atoms with Crippen LogP contribution in [0.2, 0.25) is 10.0 Å². The van der Waals surface area contributed by atoms with Gasteiger partial charge in [0.15, 0.2) is 5.82 Å². The molecule has 2 atom stereocenters. The number of allylic oxidation sites excluding steroid dienone is 1. The Hall–Kier alpha value is -1.56. The van der Waals surface area contributed by atoms with E-state index in [4.69, 9.17) is 28.9 Å². The minimum Gasteiger partial charge on any atom is -0.324 e. The monoisotopic (exact) mass is 403 g/mol. The van der Waals surface area contributed by atoms with Crippen molar-refractivity contribution < 1.29 is 17.6 Å². The predicted molar refractivity (Wildman–Crippen MR) is 95.9 cm³/mol. The van der Waals surface area contributed by atoms with E-state index in [0.29, 0.717) is 5.56 Å². The molecule has 1 nitrogen and oxygen atoms in total. The van der Waals surface area contributed by atoms with E-state index in [0.717, 1.165) is 42.2 Å². The molecular formula is C19H15Cl2F4N. The summed E-state index contributed by atoms with van der Waals surface area (Å²) in [5.41, 5.74) is 8.49. The van der Waals surface area contributed by atoms with Gasteiger partial charge >= 0.3 is 6.18 Å². The fourth-order valence-electron chi connectivity index (χ4n) is 3.15. The van der Waals surface area contributed by atoms with Gasteiger partial charge in [-0.3, -0.25) is 0 Å². The molecule has 2 N–H and O–H groups in total. The van der Waals surface area contributed by atoms with E-state index in [9.17, 15) is 17.6 Å². The average Bonchev–Trinajstić information content (AvgIpc) is 2.92. The zero-order chi connectivity index (χ0) is 19.1. The van der Waals surface area contributed by atoms with Gasteiger partial charge in [0.2, 0.25) is 0 Å². The zero-order valence-corrected chi connectivity index (χ0v) is 15.0. The molecule has 3 rings (SSSR count). The lowest BCUT2D eigenvalue weighted by atomic mass is 9.96. The summed E-state index contributed by atoms with van der Waals surface area (Å²) >= 11 is 11.3. The van der Waals surface area contributed by atoms with Gasteiger partial charge in [-0.2, -0.15) is 13.2 Å². The van der Waals surface area contributed by atoms with Crippen molar-refractivity contribution in [3.63, 3.8) is 0 Å². The summed E-state index contributed by atoms with van der Waals surface area (Å²) in [7, 11) is 0. The van der Waals surface area contributed by atoms with Gasteiger partial charge in [0, 0.05) is 6.04 Å². The Morgan fingerprint density at radius 2 is 1.77 bits per heavy atom. The summed E-state index contributed by atoms with van der Waals surface area (Å²) in [5.74, 6) is -2.88. The Bertz CT molecular complexity index is 838. The number of hydrogen-bond acceptors (Lipinski definition) is 1. The number of alkyl halides is 3. The summed E-state index contributed by atoms with van der Waals surface area (Å²) in [6.07, 6.45) is -0.506. The third-order valence-corrected chi connectivity index (χ3v) is 5.04. The van der Waals surface area contributed by atoms with Gasteiger partial charge in [-0.1, -0.05) is 53.6 Å². The maximum atomic E-state index is 13.5. The first kappa shape index (κ1) is 19.2. The van der Waals surface area contributed by atoms with Crippen LogP contribution in [-0.2, 0) is 6.42 Å². The standard InChI is InChI=1S/C19H15Cl2F4N/c20-15-8-12(9-16(21)18(15)22)14(19(23,24)25)5-2-10-1-4-13-11(7-10)3-6-17(13)26/h1-2,4-5,7-9,14,17H,3,6,26H2/b5-2+/t14-,17?/m0/s1. The molecule has 0 amide bonds. The zero-order valence-electron chi connectivity index (χ0n) is 13.5. The van der Waals surface area contributed by atoms with Crippen LogP contribution in [0.15, 0.2) is 36.4 Å². The van der Waals surface area contributed by atoms with Gasteiger partial charge in [0.25, 0.3) is 0 Å². The largest absolute Gasteiger partial charge is 0.399 e. The van der Waals surface area contributed by atoms with Crippen LogP contribution in [0.1, 0.15) is 40.6 Å². The molecule has 1 aliphatic rings. The molecule has 26 heavy (non-hydrogen) atoms. The normalized spacial score (nSPS) is 18.3. The van der Waals surface area contributed by atoms with Crippen LogP contribution in [-0.4, -0.2) is 6.18 Å². The van der Waals surface area contributed by atoms with Crippen LogP contribution in [0.25, 0.3) is 6.08 Å². The third-order valence-electron chi connectivity index (χ3n) is 4.49. The van der Waals surface area contributed by atoms with Crippen molar-refractivity contribution in [1.29, 1.82) is 0 Å². The fourth-order valence-corrected chi connectivity index (χ4v) is 3.65. The number of aryl methyl sites for hydroxylation is 1. The summed E-state index contributed by atoms with van der Waals surface area (Å²) in [6.45, 7) is 0. The summed E-state index contributed by atoms with van der Waals surface area (Å²) in [6, 6.07) is 7.31. The Kier molecular flexibility index (Phi) is 5.33. The van der Waals surface area contributed by atoms with Gasteiger partial charge < -0.3 is 5.73 Å². The lowest BCUT2D eigenvalue weighted by molar-refractivity contribution is -0.139. The number of rotatable bonds is 3. The van der Waals surface area contributed by atoms with Crippen molar-refractivity contribution in [3.05, 3.63) is 74.5 Å². The molecule has 0 saturated heterocycles. The fraction of sp³-hybridized carbons (Fsp3) is 0.263. The predicted octanol–water partition coefficient (Wildman–Crippen LogP) is 6.44. The Morgan fingerprint density at radius 1 is 1.12 bits per heavy atom. The lowest BCUT2D eigenvalue weighted by Crippen LogP contribution is -2.19. The molecule has 2 aromatic carbocycles. The highest BCUT2D eigenvalue weighted by atomic mass is 35.5. The molecule has 138 valence electrons. The van der Waals surface area contributed by atoms with Gasteiger partial charge in [-0.25, -0.2) is 4.39 Å². The number of benzene rings is 2. The SMILES string of the molecule is NC1CCc2cc(/C=C/[C@@H](c3cc(Cl)c(F)c(Cl)c3)C(F)(F)F)ccc21. The molecular weight excluding hydrogens is 389 g/mol. The highest BCUT2D eigenvalue weighted by Gasteiger charge is 2.39. The molecule has 2 aromatic rings. The van der Waals surface area contributed by atoms with Crippen molar-refractivity contribution in [2.24, 2.45) is 5.73 Å². The highest BCUT2D eigenvalue weighted by Crippen LogP contribution is 2.39. The van der Waals surface area contributed by atoms with Gasteiger partial charge in [-0.15, -0.1) is 0 Å². The summed E-state index contributed by atoms with van der Waals surface area (Å²) in [5, 5.41) is -0.886. The summed E-state index contributed by atoms with van der Waals surface area (Å²) in [4.78, 5) is 0. The van der Waals surface area contributed by atoms with Crippen LogP contribution in [0.4, 0.5) is 17.6 Å². The van der Waals surface area contributed by atoms with Crippen LogP contribution in [0.3, 0.4) is 0 Å². The molecule has 1 aliphatic carbocycles. The molecule has 0 fully saturated rings. The molecule has 0 spiro atoms. The molecule has 0 radical (unpaired) electrons. The average molecular weight is 404 g/mol. The van der Waals surface area contributed by atoms with Crippen molar-refractivity contribution in [1.82, 2.24) is 0 Å². The van der Waals surface area contributed by atoms with Crippen LogP contribution < -0.4 is 5.73 Å². The van der Waals surface area contributed by atoms with E-state index < -0.39 is 28.0 Å². The second kappa shape index (κ2) is 7.22. The van der Waals surface area contributed by atoms with Crippen molar-refractivity contribution in [2.45, 2.75) is 31.0 Å². The molecule has 0 saturated carbocycles. The Balaban J connectivity index is 1.94. The van der Waals surface area contributed by atoms with E-state index >= 15 is 0 Å².